The summed E-state index contributed by atoms with van der Waals surface area (Å²) in [4.78, 5) is 15.3. The molecule has 1 aromatic carbocycles. The molecule has 0 heterocycles. The van der Waals surface area contributed by atoms with Crippen LogP contribution in [0.15, 0.2) is 24.3 Å². The molecule has 0 unspecified atom stereocenters. The monoisotopic (exact) mass is 193 g/mol. The number of rotatable bonds is 1. The lowest BCUT2D eigenvalue weighted by molar-refractivity contribution is 0.0503. The van der Waals surface area contributed by atoms with E-state index < -0.39 is 5.97 Å². The van der Waals surface area contributed by atoms with Gasteiger partial charge in [-0.15, -0.1) is 0 Å². The van der Waals surface area contributed by atoms with Gasteiger partial charge in [-0.1, -0.05) is 32.9 Å². The highest BCUT2D eigenvalue weighted by Crippen LogP contribution is 2.22. The lowest BCUT2D eigenvalue weighted by Gasteiger charge is -2.19. The van der Waals surface area contributed by atoms with Crippen LogP contribution in [0.1, 0.15) is 36.7 Å². The Morgan fingerprint density at radius 1 is 1.36 bits per heavy atom. The Kier molecular flexibility index (Phi) is 2.91. The summed E-state index contributed by atoms with van der Waals surface area (Å²) < 4.78 is 0. The molecule has 1 rings (SSSR count). The maximum atomic E-state index is 11.1. The van der Waals surface area contributed by atoms with Crippen molar-refractivity contribution in [1.82, 2.24) is 0 Å². The second-order valence-electron chi connectivity index (χ2n) is 4.24. The summed E-state index contributed by atoms with van der Waals surface area (Å²) in [6.07, 6.45) is 0. The molecule has 0 aliphatic heterocycles. The molecule has 0 aliphatic rings. The molecule has 0 fully saturated rings. The molecule has 3 heteroatoms. The third-order valence-electron chi connectivity index (χ3n) is 2.07. The summed E-state index contributed by atoms with van der Waals surface area (Å²) >= 11 is 0. The van der Waals surface area contributed by atoms with E-state index in [2.05, 4.69) is 25.6 Å². The van der Waals surface area contributed by atoms with E-state index >= 15 is 0 Å². The molecule has 0 saturated carbocycles. The summed E-state index contributed by atoms with van der Waals surface area (Å²) in [6, 6.07) is 7.29. The Balaban J connectivity index is 3.08. The zero-order valence-electron chi connectivity index (χ0n) is 8.70. The normalized spacial score (nSPS) is 11.1. The zero-order valence-corrected chi connectivity index (χ0v) is 8.70. The third-order valence-corrected chi connectivity index (χ3v) is 2.07. The molecule has 0 saturated heterocycles. The fourth-order valence-corrected chi connectivity index (χ4v) is 1.18. The topological polar surface area (TPSA) is 52.3 Å². The molecular weight excluding hydrogens is 178 g/mol. The highest BCUT2D eigenvalue weighted by atomic mass is 16.7. The van der Waals surface area contributed by atoms with E-state index in [1.165, 1.54) is 0 Å². The van der Waals surface area contributed by atoms with Crippen LogP contribution in [0.2, 0.25) is 0 Å². The van der Waals surface area contributed by atoms with Crippen molar-refractivity contribution in [1.29, 1.82) is 0 Å². The van der Waals surface area contributed by atoms with Gasteiger partial charge in [-0.3, -0.25) is 0 Å². The number of benzene rings is 1. The van der Waals surface area contributed by atoms with E-state index in [1.807, 2.05) is 12.1 Å². The lowest BCUT2D eigenvalue weighted by Crippen LogP contribution is -2.14. The second-order valence-corrected chi connectivity index (χ2v) is 4.24. The minimum atomic E-state index is -0.504. The van der Waals surface area contributed by atoms with Crippen LogP contribution in [0.25, 0.3) is 0 Å². The van der Waals surface area contributed by atoms with Gasteiger partial charge in [-0.05, 0) is 23.1 Å². The highest BCUT2D eigenvalue weighted by molar-refractivity contribution is 5.89. The Morgan fingerprint density at radius 3 is 2.50 bits per heavy atom. The van der Waals surface area contributed by atoms with Gasteiger partial charge in [-0.2, -0.15) is 5.90 Å². The smallest absolute Gasteiger partial charge is 0.356 e. The number of nitrogens with two attached hydrogens (primary N) is 1. The Morgan fingerprint density at radius 2 is 2.00 bits per heavy atom. The fraction of sp³-hybridized carbons (Fsp3) is 0.364. The standard InChI is InChI=1S/C11H15NO2/c1-11(2,3)9-6-4-5-8(7-9)10(13)14-12/h4-7H,12H2,1-3H3. The molecule has 0 aromatic heterocycles. The lowest BCUT2D eigenvalue weighted by atomic mass is 9.86. The average Bonchev–Trinajstić information content (AvgIpc) is 2.15. The molecular formula is C11H15NO2. The molecule has 0 radical (unpaired) electrons. The van der Waals surface area contributed by atoms with Crippen LogP contribution in [0.3, 0.4) is 0 Å². The molecule has 0 spiro atoms. The maximum Gasteiger partial charge on any atom is 0.356 e. The summed E-state index contributed by atoms with van der Waals surface area (Å²) in [6.45, 7) is 6.25. The van der Waals surface area contributed by atoms with E-state index in [-0.39, 0.29) is 5.41 Å². The molecule has 14 heavy (non-hydrogen) atoms. The van der Waals surface area contributed by atoms with Gasteiger partial charge in [0.25, 0.3) is 0 Å². The first kappa shape index (κ1) is 10.7. The first-order chi connectivity index (χ1) is 6.45. The van der Waals surface area contributed by atoms with Crippen LogP contribution in [-0.2, 0) is 10.3 Å². The van der Waals surface area contributed by atoms with Crippen LogP contribution < -0.4 is 5.90 Å². The second kappa shape index (κ2) is 3.80. The van der Waals surface area contributed by atoms with Gasteiger partial charge in [0.2, 0.25) is 0 Å². The van der Waals surface area contributed by atoms with Crippen molar-refractivity contribution in [2.24, 2.45) is 5.90 Å². The van der Waals surface area contributed by atoms with E-state index in [4.69, 9.17) is 5.90 Å². The van der Waals surface area contributed by atoms with E-state index in [1.54, 1.807) is 12.1 Å². The van der Waals surface area contributed by atoms with Crippen molar-refractivity contribution in [3.8, 4) is 0 Å². The van der Waals surface area contributed by atoms with Gasteiger partial charge in [0.15, 0.2) is 0 Å². The molecule has 3 nitrogen and oxygen atoms in total. The largest absolute Gasteiger partial charge is 0.370 e. The third kappa shape index (κ3) is 2.33. The van der Waals surface area contributed by atoms with Crippen molar-refractivity contribution in [2.45, 2.75) is 26.2 Å². The van der Waals surface area contributed by atoms with E-state index in [0.29, 0.717) is 5.56 Å². The molecule has 76 valence electrons. The molecule has 0 amide bonds. The number of hydrogen-bond donors (Lipinski definition) is 1. The maximum absolute atomic E-state index is 11.1. The van der Waals surface area contributed by atoms with Gasteiger partial charge in [0.1, 0.15) is 0 Å². The van der Waals surface area contributed by atoms with Crippen molar-refractivity contribution < 1.29 is 9.63 Å². The van der Waals surface area contributed by atoms with Crippen molar-refractivity contribution in [2.75, 3.05) is 0 Å². The minimum absolute atomic E-state index is 0.0187. The van der Waals surface area contributed by atoms with Crippen LogP contribution in [0.4, 0.5) is 0 Å². The van der Waals surface area contributed by atoms with Crippen LogP contribution in [0, 0.1) is 0 Å². The fourth-order valence-electron chi connectivity index (χ4n) is 1.18. The Labute approximate surface area is 83.8 Å². The Bertz CT molecular complexity index is 339. The predicted molar refractivity (Wildman–Crippen MR) is 54.7 cm³/mol. The van der Waals surface area contributed by atoms with E-state index in [9.17, 15) is 4.79 Å². The average molecular weight is 193 g/mol. The van der Waals surface area contributed by atoms with Gasteiger partial charge in [0.05, 0.1) is 5.56 Å². The number of carbonyl (C=O) groups excluding carboxylic acids is 1. The molecule has 0 atom stereocenters. The summed E-state index contributed by atoms with van der Waals surface area (Å²) in [7, 11) is 0. The van der Waals surface area contributed by atoms with Gasteiger partial charge in [0, 0.05) is 0 Å². The number of carbonyl (C=O) groups is 1. The number of hydrogen-bond acceptors (Lipinski definition) is 3. The van der Waals surface area contributed by atoms with Crippen LogP contribution in [0.5, 0.6) is 0 Å². The SMILES string of the molecule is CC(C)(C)c1cccc(C(=O)ON)c1. The Hall–Kier alpha value is -1.35. The van der Waals surface area contributed by atoms with Crippen molar-refractivity contribution in [3.05, 3.63) is 35.4 Å². The molecule has 1 aromatic rings. The summed E-state index contributed by atoms with van der Waals surface area (Å²) in [5, 5.41) is 0. The predicted octanol–water partition coefficient (Wildman–Crippen LogP) is 2.01. The highest BCUT2D eigenvalue weighted by Gasteiger charge is 2.15. The first-order valence-corrected chi connectivity index (χ1v) is 4.47. The van der Waals surface area contributed by atoms with Gasteiger partial charge >= 0.3 is 5.97 Å². The summed E-state index contributed by atoms with van der Waals surface area (Å²) in [5.74, 6) is 4.31. The van der Waals surface area contributed by atoms with Gasteiger partial charge in [-0.25, -0.2) is 4.79 Å². The first-order valence-electron chi connectivity index (χ1n) is 4.47. The minimum Gasteiger partial charge on any atom is -0.370 e. The van der Waals surface area contributed by atoms with Crippen LogP contribution >= 0.6 is 0 Å². The van der Waals surface area contributed by atoms with Gasteiger partial charge < -0.3 is 4.84 Å². The van der Waals surface area contributed by atoms with Crippen LogP contribution in [-0.4, -0.2) is 5.97 Å². The molecule has 0 bridgehead atoms. The molecule has 2 N–H and O–H groups in total. The van der Waals surface area contributed by atoms with E-state index in [0.717, 1.165) is 5.56 Å². The van der Waals surface area contributed by atoms with Crippen molar-refractivity contribution in [3.63, 3.8) is 0 Å². The zero-order chi connectivity index (χ0) is 10.8. The van der Waals surface area contributed by atoms with Crippen molar-refractivity contribution >= 4 is 5.97 Å². The summed E-state index contributed by atoms with van der Waals surface area (Å²) in [5.41, 5.74) is 1.59. The quantitative estimate of drug-likeness (QED) is 0.694. The molecule has 0 aliphatic carbocycles.